The Balaban J connectivity index is 2.26. The molecule has 94 valence electrons. The Morgan fingerprint density at radius 2 is 1.72 bits per heavy atom. The van der Waals surface area contributed by atoms with Crippen molar-refractivity contribution in [2.24, 2.45) is 0 Å². The molecule has 0 saturated carbocycles. The van der Waals surface area contributed by atoms with Crippen LogP contribution in [-0.4, -0.2) is 17.0 Å². The largest absolute Gasteiger partial charge is 0.310 e. The Morgan fingerprint density at radius 3 is 2.28 bits per heavy atom. The molecule has 0 saturated heterocycles. The number of rotatable bonds is 4. The smallest absolute Gasteiger partial charge is 0.145 e. The van der Waals surface area contributed by atoms with E-state index in [9.17, 15) is 0 Å². The van der Waals surface area contributed by atoms with Crippen molar-refractivity contribution in [2.75, 3.05) is 7.05 Å². The van der Waals surface area contributed by atoms with Gasteiger partial charge in [0.05, 0.1) is 6.04 Å². The number of aromatic nitrogens is 2. The summed E-state index contributed by atoms with van der Waals surface area (Å²) < 4.78 is 0. The lowest BCUT2D eigenvalue weighted by atomic mass is 10.1. The van der Waals surface area contributed by atoms with Gasteiger partial charge in [0.1, 0.15) is 5.82 Å². The van der Waals surface area contributed by atoms with Crippen LogP contribution in [0.5, 0.6) is 0 Å². The van der Waals surface area contributed by atoms with Gasteiger partial charge < -0.3 is 5.32 Å². The third-order valence-corrected chi connectivity index (χ3v) is 3.42. The van der Waals surface area contributed by atoms with Crippen LogP contribution < -0.4 is 5.32 Å². The van der Waals surface area contributed by atoms with E-state index in [-0.39, 0.29) is 6.04 Å². The van der Waals surface area contributed by atoms with Gasteiger partial charge in [-0.2, -0.15) is 0 Å². The molecule has 0 spiro atoms. The van der Waals surface area contributed by atoms with Crippen LogP contribution in [0, 0.1) is 0 Å². The summed E-state index contributed by atoms with van der Waals surface area (Å²) in [4.78, 5) is 8.49. The monoisotopic (exact) mass is 281 g/mol. The molecule has 1 aromatic heterocycles. The van der Waals surface area contributed by atoms with Gasteiger partial charge >= 0.3 is 0 Å². The molecule has 0 amide bonds. The second kappa shape index (κ2) is 6.14. The summed E-state index contributed by atoms with van der Waals surface area (Å²) in [6, 6.07) is 7.28. The molecule has 0 fully saturated rings. The van der Waals surface area contributed by atoms with E-state index < -0.39 is 0 Å². The molecule has 1 N–H and O–H groups in total. The van der Waals surface area contributed by atoms with E-state index in [0.717, 1.165) is 11.4 Å². The van der Waals surface area contributed by atoms with Gasteiger partial charge in [-0.1, -0.05) is 29.3 Å². The Kier molecular flexibility index (Phi) is 4.53. The fourth-order valence-corrected chi connectivity index (χ4v) is 2.30. The van der Waals surface area contributed by atoms with Crippen molar-refractivity contribution in [1.82, 2.24) is 15.3 Å². The standard InChI is InChI=1S/C13H13Cl2N3/c1-16-12(13-17-6-3-7-18-13)8-9-10(14)4-2-5-11(9)15/h2-7,12,16H,8H2,1H3. The van der Waals surface area contributed by atoms with Crippen molar-refractivity contribution in [1.29, 1.82) is 0 Å². The summed E-state index contributed by atoms with van der Waals surface area (Å²) in [6.45, 7) is 0. The molecule has 1 aromatic carbocycles. The first-order valence-electron chi connectivity index (χ1n) is 5.59. The third kappa shape index (κ3) is 2.99. The summed E-state index contributed by atoms with van der Waals surface area (Å²) in [5, 5.41) is 4.51. The topological polar surface area (TPSA) is 37.8 Å². The first-order chi connectivity index (χ1) is 8.72. The van der Waals surface area contributed by atoms with Gasteiger partial charge in [0.25, 0.3) is 0 Å². The minimum Gasteiger partial charge on any atom is -0.310 e. The molecule has 0 aliphatic heterocycles. The zero-order valence-electron chi connectivity index (χ0n) is 9.90. The lowest BCUT2D eigenvalue weighted by molar-refractivity contribution is 0.557. The molecule has 0 bridgehead atoms. The molecular formula is C13H13Cl2N3. The summed E-state index contributed by atoms with van der Waals surface area (Å²) >= 11 is 12.3. The van der Waals surface area contributed by atoms with E-state index in [1.165, 1.54) is 0 Å². The van der Waals surface area contributed by atoms with E-state index in [0.29, 0.717) is 16.5 Å². The highest BCUT2D eigenvalue weighted by Crippen LogP contribution is 2.28. The highest BCUT2D eigenvalue weighted by molar-refractivity contribution is 6.36. The first-order valence-corrected chi connectivity index (χ1v) is 6.35. The van der Waals surface area contributed by atoms with Crippen molar-refractivity contribution in [3.63, 3.8) is 0 Å². The maximum absolute atomic E-state index is 6.16. The fraction of sp³-hybridized carbons (Fsp3) is 0.231. The van der Waals surface area contributed by atoms with Gasteiger partial charge in [0, 0.05) is 22.4 Å². The number of halogens is 2. The maximum atomic E-state index is 6.16. The number of hydrogen-bond acceptors (Lipinski definition) is 3. The molecule has 1 unspecified atom stereocenters. The predicted octanol–water partition coefficient (Wildman–Crippen LogP) is 3.29. The zero-order valence-corrected chi connectivity index (χ0v) is 11.4. The van der Waals surface area contributed by atoms with Crippen molar-refractivity contribution >= 4 is 23.2 Å². The van der Waals surface area contributed by atoms with E-state index in [2.05, 4.69) is 15.3 Å². The van der Waals surface area contributed by atoms with Crippen LogP contribution >= 0.6 is 23.2 Å². The molecule has 0 radical (unpaired) electrons. The highest BCUT2D eigenvalue weighted by atomic mass is 35.5. The summed E-state index contributed by atoms with van der Waals surface area (Å²) in [5.41, 5.74) is 0.910. The van der Waals surface area contributed by atoms with Crippen molar-refractivity contribution < 1.29 is 0 Å². The summed E-state index contributed by atoms with van der Waals surface area (Å²) in [6.07, 6.45) is 4.10. The minimum absolute atomic E-state index is 0.0106. The quantitative estimate of drug-likeness (QED) is 0.935. The number of nitrogens with zero attached hydrogens (tertiary/aromatic N) is 2. The Bertz CT molecular complexity index is 497. The van der Waals surface area contributed by atoms with Crippen LogP contribution in [0.4, 0.5) is 0 Å². The maximum Gasteiger partial charge on any atom is 0.145 e. The van der Waals surface area contributed by atoms with E-state index in [1.807, 2.05) is 25.2 Å². The Hall–Kier alpha value is -1.16. The van der Waals surface area contributed by atoms with Crippen molar-refractivity contribution in [3.8, 4) is 0 Å². The lowest BCUT2D eigenvalue weighted by Gasteiger charge is -2.16. The van der Waals surface area contributed by atoms with E-state index in [1.54, 1.807) is 18.5 Å². The fourth-order valence-electron chi connectivity index (χ4n) is 1.74. The molecule has 1 heterocycles. The van der Waals surface area contributed by atoms with Crippen molar-refractivity contribution in [3.05, 3.63) is 58.1 Å². The van der Waals surface area contributed by atoms with Gasteiger partial charge in [0.15, 0.2) is 0 Å². The van der Waals surface area contributed by atoms with Crippen LogP contribution in [-0.2, 0) is 6.42 Å². The highest BCUT2D eigenvalue weighted by Gasteiger charge is 2.16. The molecule has 2 aromatic rings. The van der Waals surface area contributed by atoms with Gasteiger partial charge in [-0.05, 0) is 37.2 Å². The average Bonchev–Trinajstić information content (AvgIpc) is 2.40. The average molecular weight is 282 g/mol. The van der Waals surface area contributed by atoms with Gasteiger partial charge in [0.2, 0.25) is 0 Å². The van der Waals surface area contributed by atoms with Gasteiger partial charge in [-0.25, -0.2) is 9.97 Å². The molecular weight excluding hydrogens is 269 g/mol. The van der Waals surface area contributed by atoms with Gasteiger partial charge in [-0.15, -0.1) is 0 Å². The molecule has 2 rings (SSSR count). The molecule has 5 heteroatoms. The molecule has 1 atom stereocenters. The Morgan fingerprint density at radius 1 is 1.11 bits per heavy atom. The van der Waals surface area contributed by atoms with E-state index in [4.69, 9.17) is 23.2 Å². The molecule has 0 aliphatic carbocycles. The van der Waals surface area contributed by atoms with E-state index >= 15 is 0 Å². The normalized spacial score (nSPS) is 12.4. The minimum atomic E-state index is -0.0106. The van der Waals surface area contributed by atoms with Crippen LogP contribution in [0.3, 0.4) is 0 Å². The Labute approximate surface area is 116 Å². The number of hydrogen-bond donors (Lipinski definition) is 1. The predicted molar refractivity (Wildman–Crippen MR) is 74.0 cm³/mol. The van der Waals surface area contributed by atoms with Crippen LogP contribution in [0.15, 0.2) is 36.7 Å². The van der Waals surface area contributed by atoms with Crippen LogP contribution in [0.2, 0.25) is 10.0 Å². The second-order valence-electron chi connectivity index (χ2n) is 3.85. The number of likely N-dealkylation sites (N-methyl/N-ethyl adjacent to an activating group) is 1. The van der Waals surface area contributed by atoms with Crippen LogP contribution in [0.25, 0.3) is 0 Å². The SMILES string of the molecule is CNC(Cc1c(Cl)cccc1Cl)c1ncccn1. The molecule has 0 aliphatic rings. The summed E-state index contributed by atoms with van der Waals surface area (Å²) in [5.74, 6) is 0.732. The molecule has 18 heavy (non-hydrogen) atoms. The number of benzene rings is 1. The van der Waals surface area contributed by atoms with Gasteiger partial charge in [-0.3, -0.25) is 0 Å². The third-order valence-electron chi connectivity index (χ3n) is 2.72. The van der Waals surface area contributed by atoms with Crippen LogP contribution in [0.1, 0.15) is 17.4 Å². The molecule has 3 nitrogen and oxygen atoms in total. The zero-order chi connectivity index (χ0) is 13.0. The lowest BCUT2D eigenvalue weighted by Crippen LogP contribution is -2.21. The van der Waals surface area contributed by atoms with Crippen molar-refractivity contribution in [2.45, 2.75) is 12.5 Å². The summed E-state index contributed by atoms with van der Waals surface area (Å²) in [7, 11) is 1.87. The number of nitrogens with one attached hydrogen (secondary N) is 1. The first kappa shape index (κ1) is 13.3. The second-order valence-corrected chi connectivity index (χ2v) is 4.67.